The Hall–Kier alpha value is -3.44. The summed E-state index contributed by atoms with van der Waals surface area (Å²) in [5, 5.41) is 14.2. The van der Waals surface area contributed by atoms with E-state index in [1.807, 2.05) is 13.1 Å². The molecule has 0 radical (unpaired) electrons. The Bertz CT molecular complexity index is 1360. The van der Waals surface area contributed by atoms with E-state index >= 15 is 0 Å². The highest BCUT2D eigenvalue weighted by molar-refractivity contribution is 5.92. The van der Waals surface area contributed by atoms with Crippen LogP contribution in [0.5, 0.6) is 0 Å². The van der Waals surface area contributed by atoms with Crippen molar-refractivity contribution >= 4 is 17.5 Å². The van der Waals surface area contributed by atoms with Crippen molar-refractivity contribution in [2.45, 2.75) is 76.7 Å². The van der Waals surface area contributed by atoms with Gasteiger partial charge in [0.15, 0.2) is 5.65 Å². The van der Waals surface area contributed by atoms with Gasteiger partial charge in [0.1, 0.15) is 11.7 Å². The van der Waals surface area contributed by atoms with Gasteiger partial charge < -0.3 is 10.6 Å². The fourth-order valence-electron chi connectivity index (χ4n) is 6.00. The number of aryl methyl sites for hydroxylation is 1. The molecule has 2 N–H and O–H groups in total. The number of hydrogen-bond acceptors (Lipinski definition) is 5. The lowest BCUT2D eigenvalue weighted by Gasteiger charge is -2.30. The quantitative estimate of drug-likeness (QED) is 0.427. The molecule has 0 spiro atoms. The van der Waals surface area contributed by atoms with Crippen molar-refractivity contribution in [1.82, 2.24) is 35.0 Å². The number of imidazole rings is 1. The zero-order valence-electron chi connectivity index (χ0n) is 21.7. The summed E-state index contributed by atoms with van der Waals surface area (Å²) < 4.78 is 42.3. The van der Waals surface area contributed by atoms with Crippen molar-refractivity contribution in [3.8, 4) is 0 Å². The molecule has 39 heavy (non-hydrogen) atoms. The molecule has 0 bridgehead atoms. The molecule has 1 aliphatic heterocycles. The maximum Gasteiger partial charge on any atom is 0.408 e. The van der Waals surface area contributed by atoms with Gasteiger partial charge in [0, 0.05) is 25.1 Å². The third-order valence-corrected chi connectivity index (χ3v) is 8.31. The fraction of sp³-hybridized carbons (Fsp3) is 0.593. The number of carbonyl (C=O) groups is 2. The lowest BCUT2D eigenvalue weighted by Crippen LogP contribution is -2.51. The highest BCUT2D eigenvalue weighted by Gasteiger charge is 2.47. The Morgan fingerprint density at radius 2 is 1.87 bits per heavy atom. The first-order valence-electron chi connectivity index (χ1n) is 13.8. The number of carbonyl (C=O) groups excluding carboxylic acids is 2. The predicted octanol–water partition coefficient (Wildman–Crippen LogP) is 3.85. The average Bonchev–Trinajstić information content (AvgIpc) is 3.83. The molecule has 3 aromatic heterocycles. The van der Waals surface area contributed by atoms with Gasteiger partial charge in [-0.15, -0.1) is 0 Å². The van der Waals surface area contributed by atoms with Crippen LogP contribution >= 0.6 is 0 Å². The first kappa shape index (κ1) is 25.8. The number of piperidine rings is 1. The highest BCUT2D eigenvalue weighted by atomic mass is 19.4. The minimum absolute atomic E-state index is 0.139. The zero-order chi connectivity index (χ0) is 27.3. The molecule has 208 valence electrons. The van der Waals surface area contributed by atoms with E-state index in [4.69, 9.17) is 4.98 Å². The van der Waals surface area contributed by atoms with Crippen LogP contribution in [0.15, 0.2) is 30.6 Å². The Morgan fingerprint density at radius 1 is 1.13 bits per heavy atom. The predicted molar refractivity (Wildman–Crippen MR) is 134 cm³/mol. The average molecular weight is 544 g/mol. The number of alkyl halides is 3. The summed E-state index contributed by atoms with van der Waals surface area (Å²) >= 11 is 0. The molecule has 2 saturated carbocycles. The number of hydrogen-bond donors (Lipinski definition) is 2. The minimum Gasteiger partial charge on any atom is -0.344 e. The third-order valence-electron chi connectivity index (χ3n) is 8.31. The van der Waals surface area contributed by atoms with Crippen LogP contribution in [0.4, 0.5) is 13.2 Å². The van der Waals surface area contributed by atoms with Crippen molar-refractivity contribution < 1.29 is 22.8 Å². The van der Waals surface area contributed by atoms with Crippen molar-refractivity contribution in [2.24, 2.45) is 23.7 Å². The van der Waals surface area contributed by atoms with Crippen LogP contribution in [-0.2, 0) is 17.8 Å². The first-order chi connectivity index (χ1) is 18.7. The summed E-state index contributed by atoms with van der Waals surface area (Å²) in [6.07, 6.45) is 3.86. The summed E-state index contributed by atoms with van der Waals surface area (Å²) in [5.41, 5.74) is 2.46. The Kier molecular flexibility index (Phi) is 6.58. The fourth-order valence-corrected chi connectivity index (χ4v) is 6.00. The molecule has 3 atom stereocenters. The second-order valence-electron chi connectivity index (χ2n) is 11.1. The molecule has 2 amide bonds. The van der Waals surface area contributed by atoms with E-state index in [1.165, 1.54) is 0 Å². The molecular weight excluding hydrogens is 511 g/mol. The second kappa shape index (κ2) is 9.95. The van der Waals surface area contributed by atoms with Gasteiger partial charge in [-0.05, 0) is 81.4 Å². The molecule has 2 unspecified atom stereocenters. The van der Waals surface area contributed by atoms with Crippen LogP contribution in [0.25, 0.3) is 5.65 Å². The number of nitrogens with one attached hydrogen (secondary N) is 2. The van der Waals surface area contributed by atoms with Gasteiger partial charge in [-0.3, -0.25) is 14.3 Å². The molecule has 4 heterocycles. The normalized spacial score (nSPS) is 22.7. The Morgan fingerprint density at radius 3 is 2.51 bits per heavy atom. The molecule has 6 rings (SSSR count). The Labute approximate surface area is 223 Å². The monoisotopic (exact) mass is 543 g/mol. The SMILES string of the molecule is CCn1nccc1C(=O)N[C@H](c1cn2nc(CC3CCC(C(F)(F)F)NC3=O)ccc2n1)C(C1CC1)C1CC1. The third kappa shape index (κ3) is 5.38. The number of aromatic nitrogens is 5. The van der Waals surface area contributed by atoms with Crippen LogP contribution in [-0.4, -0.2) is 48.4 Å². The van der Waals surface area contributed by atoms with Gasteiger partial charge in [0.25, 0.3) is 5.91 Å². The zero-order valence-corrected chi connectivity index (χ0v) is 21.7. The lowest BCUT2D eigenvalue weighted by molar-refractivity contribution is -0.169. The van der Waals surface area contributed by atoms with Crippen LogP contribution in [0.2, 0.25) is 0 Å². The van der Waals surface area contributed by atoms with Gasteiger partial charge in [-0.1, -0.05) is 0 Å². The van der Waals surface area contributed by atoms with Crippen LogP contribution in [0.3, 0.4) is 0 Å². The van der Waals surface area contributed by atoms with Crippen LogP contribution in [0, 0.1) is 23.7 Å². The van der Waals surface area contributed by atoms with Crippen molar-refractivity contribution in [2.75, 3.05) is 0 Å². The van der Waals surface area contributed by atoms with E-state index in [2.05, 4.69) is 20.8 Å². The smallest absolute Gasteiger partial charge is 0.344 e. The number of fused-ring (bicyclic) bond motifs is 1. The van der Waals surface area contributed by atoms with Gasteiger partial charge >= 0.3 is 6.18 Å². The van der Waals surface area contributed by atoms with E-state index in [9.17, 15) is 22.8 Å². The van der Waals surface area contributed by atoms with E-state index in [0.717, 1.165) is 31.4 Å². The molecule has 1 saturated heterocycles. The molecule has 9 nitrogen and oxygen atoms in total. The largest absolute Gasteiger partial charge is 0.408 e. The maximum atomic E-state index is 13.3. The highest BCUT2D eigenvalue weighted by Crippen LogP contribution is 2.54. The van der Waals surface area contributed by atoms with Crippen molar-refractivity contribution in [3.63, 3.8) is 0 Å². The van der Waals surface area contributed by atoms with E-state index in [0.29, 0.717) is 41.3 Å². The van der Waals surface area contributed by atoms with E-state index in [-0.39, 0.29) is 31.2 Å². The molecule has 3 aliphatic rings. The molecule has 3 aromatic rings. The Balaban J connectivity index is 1.24. The molecular formula is C27H32F3N7O2. The van der Waals surface area contributed by atoms with E-state index in [1.54, 1.807) is 33.6 Å². The number of amides is 2. The van der Waals surface area contributed by atoms with Gasteiger partial charge in [-0.25, -0.2) is 9.50 Å². The summed E-state index contributed by atoms with van der Waals surface area (Å²) in [6.45, 7) is 2.53. The maximum absolute atomic E-state index is 13.3. The summed E-state index contributed by atoms with van der Waals surface area (Å²) in [6, 6.07) is 3.23. The van der Waals surface area contributed by atoms with Gasteiger partial charge in [0.2, 0.25) is 5.91 Å². The summed E-state index contributed by atoms with van der Waals surface area (Å²) in [7, 11) is 0. The topological polar surface area (TPSA) is 106 Å². The number of nitrogens with zero attached hydrogens (tertiary/aromatic N) is 5. The van der Waals surface area contributed by atoms with Gasteiger partial charge in [-0.2, -0.15) is 23.4 Å². The molecule has 12 heteroatoms. The number of halogens is 3. The van der Waals surface area contributed by atoms with E-state index < -0.39 is 24.0 Å². The molecule has 3 fully saturated rings. The van der Waals surface area contributed by atoms with Crippen LogP contribution in [0.1, 0.15) is 73.4 Å². The van der Waals surface area contributed by atoms with Crippen LogP contribution < -0.4 is 10.6 Å². The van der Waals surface area contributed by atoms with Crippen molar-refractivity contribution in [1.29, 1.82) is 0 Å². The summed E-state index contributed by atoms with van der Waals surface area (Å²) in [5.74, 6) is 0.0551. The lowest BCUT2D eigenvalue weighted by atomic mass is 9.87. The summed E-state index contributed by atoms with van der Waals surface area (Å²) in [4.78, 5) is 30.5. The second-order valence-corrected chi connectivity index (χ2v) is 11.1. The first-order valence-corrected chi connectivity index (χ1v) is 13.8. The van der Waals surface area contributed by atoms with Crippen molar-refractivity contribution in [3.05, 3.63) is 47.7 Å². The molecule has 2 aliphatic carbocycles. The minimum atomic E-state index is -4.44. The standard InChI is InChI=1S/C27H32F3N7O2/c1-2-36-20(11-12-31-36)26(39)34-24(23(15-3-4-15)16-5-6-16)19-14-37-22(32-19)10-8-18(35-37)13-17-7-9-21(27(28,29)30)33-25(17)38/h8,10-12,14-17,21,23-24H,2-7,9,13H2,1H3,(H,33,38)(H,34,39)/t17?,21?,24-/m1/s1. The van der Waals surface area contributed by atoms with Gasteiger partial charge in [0.05, 0.1) is 23.6 Å². The number of rotatable bonds is 9. The molecule has 0 aromatic carbocycles.